The second-order valence-corrected chi connectivity index (χ2v) is 9.21. The summed E-state index contributed by atoms with van der Waals surface area (Å²) in [6.07, 6.45) is 0. The van der Waals surface area contributed by atoms with Crippen molar-refractivity contribution in [1.82, 2.24) is 13.7 Å². The second kappa shape index (κ2) is 8.05. The van der Waals surface area contributed by atoms with Crippen LogP contribution >= 0.6 is 11.3 Å². The third-order valence-electron chi connectivity index (χ3n) is 4.62. The predicted octanol–water partition coefficient (Wildman–Crippen LogP) is 2.66. The van der Waals surface area contributed by atoms with Crippen molar-refractivity contribution in [3.63, 3.8) is 0 Å². The van der Waals surface area contributed by atoms with Gasteiger partial charge in [0.2, 0.25) is 10.0 Å². The predicted molar refractivity (Wildman–Crippen MR) is 113 cm³/mol. The summed E-state index contributed by atoms with van der Waals surface area (Å²) in [6.45, 7) is 7.71. The number of carbonyl (C=O) groups is 1. The maximum absolute atomic E-state index is 12.8. The van der Waals surface area contributed by atoms with Gasteiger partial charge in [0.15, 0.2) is 4.96 Å². The summed E-state index contributed by atoms with van der Waals surface area (Å²) in [5, 5.41) is 4.44. The quantitative estimate of drug-likeness (QED) is 0.643. The molecule has 2 aromatic heterocycles. The Kier molecular flexibility index (Phi) is 5.87. The van der Waals surface area contributed by atoms with Crippen molar-refractivity contribution in [2.24, 2.45) is 0 Å². The average Bonchev–Trinajstić information content (AvgIpc) is 3.06. The van der Waals surface area contributed by atoms with Crippen LogP contribution in [0, 0.1) is 13.8 Å². The second-order valence-electron chi connectivity index (χ2n) is 6.44. The first-order valence-corrected chi connectivity index (χ1v) is 11.4. The van der Waals surface area contributed by atoms with Crippen LogP contribution in [0.1, 0.15) is 35.6 Å². The fourth-order valence-electron chi connectivity index (χ4n) is 3.00. The summed E-state index contributed by atoms with van der Waals surface area (Å²) in [5.74, 6) is -0.508. The molecule has 154 valence electrons. The van der Waals surface area contributed by atoms with Crippen LogP contribution in [0.4, 0.5) is 5.69 Å². The standard InChI is InChI=1S/C19H22N4O4S2/c1-5-22(6-2)29(26,27)15-9-7-14(8-10-15)17(24)21-16-13(4)20-19-23(18(16)25)12(3)11-28-19/h7-11H,5-6H2,1-4H3,(H,21,24). The normalized spacial score (nSPS) is 11.9. The first-order chi connectivity index (χ1) is 13.7. The van der Waals surface area contributed by atoms with E-state index in [1.54, 1.807) is 27.7 Å². The number of rotatable bonds is 6. The van der Waals surface area contributed by atoms with E-state index in [1.807, 2.05) is 5.38 Å². The molecule has 0 fully saturated rings. The smallest absolute Gasteiger partial charge is 0.282 e. The minimum Gasteiger partial charge on any atom is -0.316 e. The minimum atomic E-state index is -3.60. The number of thiazole rings is 1. The first-order valence-electron chi connectivity index (χ1n) is 9.09. The zero-order chi connectivity index (χ0) is 21.3. The topological polar surface area (TPSA) is 101 Å². The highest BCUT2D eigenvalue weighted by molar-refractivity contribution is 7.89. The van der Waals surface area contributed by atoms with Gasteiger partial charge in [-0.2, -0.15) is 4.31 Å². The summed E-state index contributed by atoms with van der Waals surface area (Å²) in [4.78, 5) is 30.4. The Labute approximate surface area is 172 Å². The van der Waals surface area contributed by atoms with Gasteiger partial charge in [0.05, 0.1) is 10.6 Å². The molecule has 0 aliphatic carbocycles. The van der Waals surface area contributed by atoms with E-state index < -0.39 is 15.9 Å². The molecule has 0 radical (unpaired) electrons. The Hall–Kier alpha value is -2.56. The number of nitrogens with zero attached hydrogens (tertiary/aromatic N) is 3. The Morgan fingerprint density at radius 2 is 1.79 bits per heavy atom. The van der Waals surface area contributed by atoms with Crippen LogP contribution in [0.25, 0.3) is 4.96 Å². The molecule has 3 aromatic rings. The number of sulfonamides is 1. The lowest BCUT2D eigenvalue weighted by Crippen LogP contribution is -2.30. The number of hydrogen-bond acceptors (Lipinski definition) is 6. The number of aryl methyl sites for hydroxylation is 2. The van der Waals surface area contributed by atoms with Crippen LogP contribution in [0.3, 0.4) is 0 Å². The summed E-state index contributed by atoms with van der Waals surface area (Å²) in [5.41, 5.74) is 1.17. The summed E-state index contributed by atoms with van der Waals surface area (Å²) >= 11 is 1.35. The molecule has 0 aliphatic heterocycles. The van der Waals surface area contributed by atoms with Crippen molar-refractivity contribution in [3.05, 3.63) is 57.0 Å². The molecule has 0 unspecified atom stereocenters. The molecule has 3 rings (SSSR count). The molecule has 0 atom stereocenters. The van der Waals surface area contributed by atoms with Gasteiger partial charge in [-0.05, 0) is 38.1 Å². The maximum Gasteiger partial charge on any atom is 0.282 e. The lowest BCUT2D eigenvalue weighted by molar-refractivity contribution is 0.102. The molecule has 1 N–H and O–H groups in total. The number of anilines is 1. The molecular weight excluding hydrogens is 412 g/mol. The van der Waals surface area contributed by atoms with Crippen LogP contribution < -0.4 is 10.9 Å². The van der Waals surface area contributed by atoms with Crippen molar-refractivity contribution in [3.8, 4) is 0 Å². The Morgan fingerprint density at radius 1 is 1.17 bits per heavy atom. The zero-order valence-electron chi connectivity index (χ0n) is 16.6. The Morgan fingerprint density at radius 3 is 2.38 bits per heavy atom. The summed E-state index contributed by atoms with van der Waals surface area (Å²) in [7, 11) is -3.60. The monoisotopic (exact) mass is 434 g/mol. The molecule has 29 heavy (non-hydrogen) atoms. The molecular formula is C19H22N4O4S2. The van der Waals surface area contributed by atoms with Gasteiger partial charge in [-0.15, -0.1) is 11.3 Å². The molecule has 1 amide bonds. The van der Waals surface area contributed by atoms with Gasteiger partial charge < -0.3 is 5.32 Å². The van der Waals surface area contributed by atoms with E-state index in [0.29, 0.717) is 23.7 Å². The van der Waals surface area contributed by atoms with Crippen LogP contribution in [0.2, 0.25) is 0 Å². The fourth-order valence-corrected chi connectivity index (χ4v) is 5.37. The van der Waals surface area contributed by atoms with Crippen LogP contribution in [-0.4, -0.2) is 41.1 Å². The highest BCUT2D eigenvalue weighted by atomic mass is 32.2. The molecule has 10 heteroatoms. The zero-order valence-corrected chi connectivity index (χ0v) is 18.2. The SMILES string of the molecule is CCN(CC)S(=O)(=O)c1ccc(C(=O)Nc2c(C)nc3scc(C)n3c2=O)cc1. The summed E-state index contributed by atoms with van der Waals surface area (Å²) < 4.78 is 27.9. The van der Waals surface area contributed by atoms with Crippen LogP contribution in [0.5, 0.6) is 0 Å². The molecule has 1 aromatic carbocycles. The van der Waals surface area contributed by atoms with E-state index in [-0.39, 0.29) is 21.7 Å². The molecule has 0 bridgehead atoms. The molecule has 0 saturated heterocycles. The van der Waals surface area contributed by atoms with Gasteiger partial charge in [-0.1, -0.05) is 13.8 Å². The summed E-state index contributed by atoms with van der Waals surface area (Å²) in [6, 6.07) is 5.65. The number of fused-ring (bicyclic) bond motifs is 1. The number of aromatic nitrogens is 2. The van der Waals surface area contributed by atoms with Crippen LogP contribution in [0.15, 0.2) is 39.3 Å². The van der Waals surface area contributed by atoms with Gasteiger partial charge in [-0.3, -0.25) is 14.0 Å². The third kappa shape index (κ3) is 3.83. The molecule has 8 nitrogen and oxygen atoms in total. The van der Waals surface area contributed by atoms with Gasteiger partial charge >= 0.3 is 0 Å². The van der Waals surface area contributed by atoms with E-state index in [2.05, 4.69) is 10.3 Å². The largest absolute Gasteiger partial charge is 0.316 e. The Balaban J connectivity index is 1.90. The molecule has 2 heterocycles. The van der Waals surface area contributed by atoms with E-state index in [4.69, 9.17) is 0 Å². The van der Waals surface area contributed by atoms with Crippen molar-refractivity contribution in [2.75, 3.05) is 18.4 Å². The average molecular weight is 435 g/mol. The maximum atomic E-state index is 12.8. The van der Waals surface area contributed by atoms with Crippen molar-refractivity contribution >= 4 is 37.9 Å². The van der Waals surface area contributed by atoms with Crippen molar-refractivity contribution in [2.45, 2.75) is 32.6 Å². The van der Waals surface area contributed by atoms with Crippen molar-refractivity contribution < 1.29 is 13.2 Å². The van der Waals surface area contributed by atoms with Gasteiger partial charge in [0.25, 0.3) is 11.5 Å². The van der Waals surface area contributed by atoms with E-state index in [0.717, 1.165) is 5.69 Å². The molecule has 0 saturated carbocycles. The van der Waals surface area contributed by atoms with Gasteiger partial charge in [0.1, 0.15) is 5.69 Å². The van der Waals surface area contributed by atoms with Crippen LogP contribution in [-0.2, 0) is 10.0 Å². The minimum absolute atomic E-state index is 0.105. The Bertz CT molecular complexity index is 1220. The lowest BCUT2D eigenvalue weighted by Gasteiger charge is -2.18. The first kappa shape index (κ1) is 21.2. The van der Waals surface area contributed by atoms with Crippen molar-refractivity contribution in [1.29, 1.82) is 0 Å². The third-order valence-corrected chi connectivity index (χ3v) is 7.63. The number of hydrogen-bond donors (Lipinski definition) is 1. The molecule has 0 aliphatic rings. The lowest BCUT2D eigenvalue weighted by atomic mass is 10.2. The number of carbonyl (C=O) groups excluding carboxylic acids is 1. The highest BCUT2D eigenvalue weighted by Gasteiger charge is 2.22. The molecule has 0 spiro atoms. The number of benzene rings is 1. The highest BCUT2D eigenvalue weighted by Crippen LogP contribution is 2.18. The fraction of sp³-hybridized carbons (Fsp3) is 0.316. The van der Waals surface area contributed by atoms with E-state index in [9.17, 15) is 18.0 Å². The van der Waals surface area contributed by atoms with E-state index in [1.165, 1.54) is 44.3 Å². The van der Waals surface area contributed by atoms with Gasteiger partial charge in [-0.25, -0.2) is 13.4 Å². The number of amides is 1. The van der Waals surface area contributed by atoms with Gasteiger partial charge in [0, 0.05) is 29.7 Å². The van der Waals surface area contributed by atoms with E-state index >= 15 is 0 Å². The number of nitrogens with one attached hydrogen (secondary N) is 1.